The molecule has 2 N–H and O–H groups in total. The third kappa shape index (κ3) is 5.60. The van der Waals surface area contributed by atoms with Crippen molar-refractivity contribution < 1.29 is 17.5 Å². The average molecular weight is 491 g/mol. The van der Waals surface area contributed by atoms with Crippen molar-refractivity contribution >= 4 is 15.7 Å². The molecule has 0 aliphatic carbocycles. The van der Waals surface area contributed by atoms with Gasteiger partial charge in [-0.1, -0.05) is 30.3 Å². The first-order valence-corrected chi connectivity index (χ1v) is 13.3. The predicted molar refractivity (Wildman–Crippen MR) is 133 cm³/mol. The highest BCUT2D eigenvalue weighted by Gasteiger charge is 2.47. The largest absolute Gasteiger partial charge is 0.369 e. The molecule has 0 aromatic heterocycles. The summed E-state index contributed by atoms with van der Waals surface area (Å²) in [5.41, 5.74) is 1.59. The SMILES string of the molecule is C[C@H](NC1NS(=O)(=O)C(Cc2ccc(N3CCN(C)CC3)cc2)C(C)(C)O1)c1ccccc1F. The molecule has 2 aromatic carbocycles. The number of anilines is 1. The fourth-order valence-corrected chi connectivity index (χ4v) is 6.49. The van der Waals surface area contributed by atoms with Crippen molar-refractivity contribution in [2.45, 2.75) is 50.4 Å². The van der Waals surface area contributed by atoms with Crippen LogP contribution in [0.25, 0.3) is 0 Å². The second-order valence-corrected chi connectivity index (χ2v) is 11.7. The van der Waals surface area contributed by atoms with Crippen LogP contribution in [-0.2, 0) is 21.2 Å². The van der Waals surface area contributed by atoms with E-state index in [0.29, 0.717) is 12.0 Å². The van der Waals surface area contributed by atoms with Gasteiger partial charge in [0, 0.05) is 43.5 Å². The zero-order chi connectivity index (χ0) is 24.5. The molecule has 2 aromatic rings. The minimum absolute atomic E-state index is 0.334. The fraction of sp³-hybridized carbons (Fsp3) is 0.520. The molecule has 2 aliphatic rings. The summed E-state index contributed by atoms with van der Waals surface area (Å²) in [6.45, 7) is 9.38. The van der Waals surface area contributed by atoms with Crippen LogP contribution in [0.3, 0.4) is 0 Å². The first-order valence-electron chi connectivity index (χ1n) is 11.8. The molecule has 0 amide bonds. The Hall–Kier alpha value is -2.04. The number of piperazine rings is 1. The quantitative estimate of drug-likeness (QED) is 0.649. The molecule has 2 unspecified atom stereocenters. The molecule has 0 spiro atoms. The van der Waals surface area contributed by atoms with Gasteiger partial charge >= 0.3 is 0 Å². The van der Waals surface area contributed by atoms with Crippen LogP contribution >= 0.6 is 0 Å². The van der Waals surface area contributed by atoms with E-state index in [1.54, 1.807) is 39.0 Å². The minimum atomic E-state index is -3.70. The van der Waals surface area contributed by atoms with E-state index in [0.717, 1.165) is 37.4 Å². The molecule has 2 fully saturated rings. The number of nitrogens with one attached hydrogen (secondary N) is 2. The Morgan fingerprint density at radius 1 is 1.12 bits per heavy atom. The molecule has 7 nitrogen and oxygen atoms in total. The zero-order valence-corrected chi connectivity index (χ0v) is 21.1. The number of likely N-dealkylation sites (N-methyl/N-ethyl adjacent to an activating group) is 1. The lowest BCUT2D eigenvalue weighted by Gasteiger charge is -2.43. The number of halogens is 1. The number of hydrogen-bond acceptors (Lipinski definition) is 6. The smallest absolute Gasteiger partial charge is 0.220 e. The summed E-state index contributed by atoms with van der Waals surface area (Å²) in [6.07, 6.45) is -0.619. The van der Waals surface area contributed by atoms with E-state index in [1.165, 1.54) is 6.07 Å². The van der Waals surface area contributed by atoms with Crippen LogP contribution in [0.15, 0.2) is 48.5 Å². The Morgan fingerprint density at radius 2 is 1.76 bits per heavy atom. The van der Waals surface area contributed by atoms with Gasteiger partial charge in [0.1, 0.15) is 11.1 Å². The standard InChI is InChI=1S/C25H35FN4O3S/c1-18(21-7-5-6-8-22(21)26)27-24-28-34(31,32)23(25(2,3)33-24)17-19-9-11-20(12-10-19)30-15-13-29(4)14-16-30/h5-12,18,23-24,27-28H,13-17H2,1-4H3/t18-,23?,24?/m0/s1. The van der Waals surface area contributed by atoms with Crippen LogP contribution in [0.5, 0.6) is 0 Å². The minimum Gasteiger partial charge on any atom is -0.369 e. The number of hydrogen-bond donors (Lipinski definition) is 2. The normalized spacial score (nSPS) is 25.7. The highest BCUT2D eigenvalue weighted by molar-refractivity contribution is 7.90. The second-order valence-electron chi connectivity index (χ2n) is 9.82. The van der Waals surface area contributed by atoms with Crippen molar-refractivity contribution in [3.8, 4) is 0 Å². The summed E-state index contributed by atoms with van der Waals surface area (Å²) >= 11 is 0. The molecule has 4 rings (SSSR count). The topological polar surface area (TPSA) is 73.9 Å². The van der Waals surface area contributed by atoms with Crippen molar-refractivity contribution in [2.75, 3.05) is 38.1 Å². The molecule has 0 saturated carbocycles. The van der Waals surface area contributed by atoms with Crippen molar-refractivity contribution in [3.63, 3.8) is 0 Å². The monoisotopic (exact) mass is 490 g/mol. The van der Waals surface area contributed by atoms with Crippen LogP contribution < -0.4 is 14.9 Å². The summed E-state index contributed by atoms with van der Waals surface area (Å²) < 4.78 is 49.3. The Kier molecular flexibility index (Phi) is 7.30. The molecule has 2 saturated heterocycles. The summed E-state index contributed by atoms with van der Waals surface area (Å²) in [5, 5.41) is 2.29. The molecule has 9 heteroatoms. The zero-order valence-electron chi connectivity index (χ0n) is 20.3. The van der Waals surface area contributed by atoms with Gasteiger partial charge in [-0.15, -0.1) is 0 Å². The first kappa shape index (κ1) is 25.1. The number of ether oxygens (including phenoxy) is 1. The van der Waals surface area contributed by atoms with E-state index in [2.05, 4.69) is 39.0 Å². The maximum absolute atomic E-state index is 14.1. The summed E-state index contributed by atoms with van der Waals surface area (Å²) in [7, 11) is -1.57. The Balaban J connectivity index is 1.43. The lowest BCUT2D eigenvalue weighted by Crippen LogP contribution is -2.64. The van der Waals surface area contributed by atoms with Crippen LogP contribution in [0.1, 0.15) is 37.9 Å². The predicted octanol–water partition coefficient (Wildman–Crippen LogP) is 2.85. The van der Waals surface area contributed by atoms with Gasteiger partial charge in [0.05, 0.1) is 5.60 Å². The second kappa shape index (κ2) is 9.91. The van der Waals surface area contributed by atoms with Gasteiger partial charge in [0.2, 0.25) is 10.0 Å². The van der Waals surface area contributed by atoms with Gasteiger partial charge in [-0.3, -0.25) is 5.32 Å². The van der Waals surface area contributed by atoms with Gasteiger partial charge in [-0.2, -0.15) is 4.72 Å². The van der Waals surface area contributed by atoms with Crippen molar-refractivity contribution in [1.82, 2.24) is 14.9 Å². The first-order chi connectivity index (χ1) is 16.0. The molecular weight excluding hydrogens is 455 g/mol. The van der Waals surface area contributed by atoms with Crippen LogP contribution in [0.2, 0.25) is 0 Å². The summed E-state index contributed by atoms with van der Waals surface area (Å²) in [5.74, 6) is -0.349. The van der Waals surface area contributed by atoms with Gasteiger partial charge < -0.3 is 14.5 Å². The Morgan fingerprint density at radius 3 is 2.38 bits per heavy atom. The molecule has 0 bridgehead atoms. The Bertz CT molecular complexity index is 1090. The van der Waals surface area contributed by atoms with Gasteiger partial charge in [0.15, 0.2) is 6.35 Å². The summed E-state index contributed by atoms with van der Waals surface area (Å²) in [6, 6.07) is 14.1. The molecule has 34 heavy (non-hydrogen) atoms. The number of rotatable bonds is 6. The third-order valence-corrected chi connectivity index (χ3v) is 8.87. The van der Waals surface area contributed by atoms with E-state index in [4.69, 9.17) is 4.74 Å². The van der Waals surface area contributed by atoms with E-state index in [9.17, 15) is 12.8 Å². The molecule has 2 heterocycles. The maximum Gasteiger partial charge on any atom is 0.220 e. The number of benzene rings is 2. The van der Waals surface area contributed by atoms with Gasteiger partial charge in [-0.05, 0) is 58.0 Å². The van der Waals surface area contributed by atoms with Crippen molar-refractivity contribution in [1.29, 1.82) is 0 Å². The van der Waals surface area contributed by atoms with Crippen LogP contribution in [0, 0.1) is 5.82 Å². The van der Waals surface area contributed by atoms with Gasteiger partial charge in [0.25, 0.3) is 0 Å². The van der Waals surface area contributed by atoms with Crippen molar-refractivity contribution in [2.24, 2.45) is 0 Å². The Labute approximate surface area is 202 Å². The molecule has 2 aliphatic heterocycles. The van der Waals surface area contributed by atoms with Crippen LogP contribution in [-0.4, -0.2) is 63.7 Å². The number of sulfonamides is 1. The van der Waals surface area contributed by atoms with Crippen molar-refractivity contribution in [3.05, 3.63) is 65.5 Å². The van der Waals surface area contributed by atoms with E-state index in [-0.39, 0.29) is 5.82 Å². The average Bonchev–Trinajstić information content (AvgIpc) is 2.77. The highest BCUT2D eigenvalue weighted by atomic mass is 32.2. The summed E-state index contributed by atoms with van der Waals surface area (Å²) in [4.78, 5) is 4.66. The lowest BCUT2D eigenvalue weighted by molar-refractivity contribution is -0.107. The van der Waals surface area contributed by atoms with E-state index < -0.39 is 33.3 Å². The van der Waals surface area contributed by atoms with E-state index in [1.807, 2.05) is 12.1 Å². The maximum atomic E-state index is 14.1. The lowest BCUT2D eigenvalue weighted by atomic mass is 9.97. The molecular formula is C25H35FN4O3S. The highest BCUT2D eigenvalue weighted by Crippen LogP contribution is 2.31. The molecule has 0 radical (unpaired) electrons. The van der Waals surface area contributed by atoms with Gasteiger partial charge in [-0.25, -0.2) is 12.8 Å². The molecule has 186 valence electrons. The third-order valence-electron chi connectivity index (χ3n) is 6.84. The van der Waals surface area contributed by atoms with E-state index >= 15 is 0 Å². The van der Waals surface area contributed by atoms with Crippen LogP contribution in [0.4, 0.5) is 10.1 Å². The number of nitrogens with zero attached hydrogens (tertiary/aromatic N) is 2. The molecule has 3 atom stereocenters. The fourth-order valence-electron chi connectivity index (χ4n) is 4.70.